The minimum absolute atomic E-state index is 0.223. The van der Waals surface area contributed by atoms with E-state index in [0.29, 0.717) is 17.1 Å². The number of aromatic amines is 1. The van der Waals surface area contributed by atoms with Crippen molar-refractivity contribution in [3.63, 3.8) is 0 Å². The van der Waals surface area contributed by atoms with E-state index in [0.717, 1.165) is 0 Å². The Labute approximate surface area is 103 Å². The van der Waals surface area contributed by atoms with Crippen LogP contribution in [0.2, 0.25) is 0 Å². The van der Waals surface area contributed by atoms with Crippen LogP contribution in [0.1, 0.15) is 5.69 Å². The number of benzene rings is 1. The smallest absolute Gasteiger partial charge is 0.251 e. The normalized spacial score (nSPS) is 10.5. The zero-order valence-electron chi connectivity index (χ0n) is 9.67. The molecule has 1 heterocycles. The maximum atomic E-state index is 11.4. The summed E-state index contributed by atoms with van der Waals surface area (Å²) in [5.41, 5.74) is 0.684. The van der Waals surface area contributed by atoms with Gasteiger partial charge < -0.3 is 19.9 Å². The molecule has 0 spiro atoms. The fraction of sp³-hybridized carbons (Fsp3) is 0.167. The van der Waals surface area contributed by atoms with E-state index in [4.69, 9.17) is 4.74 Å². The van der Waals surface area contributed by atoms with Gasteiger partial charge in [-0.2, -0.15) is 0 Å². The maximum Gasteiger partial charge on any atom is 0.251 e. The van der Waals surface area contributed by atoms with Crippen molar-refractivity contribution < 1.29 is 14.9 Å². The van der Waals surface area contributed by atoms with Crippen LogP contribution in [-0.4, -0.2) is 27.3 Å². The minimum atomic E-state index is -0.306. The molecule has 0 atom stereocenters. The lowest BCUT2D eigenvalue weighted by atomic mass is 10.2. The summed E-state index contributed by atoms with van der Waals surface area (Å²) in [4.78, 5) is 18.2. The quantitative estimate of drug-likeness (QED) is 0.704. The first-order valence-electron chi connectivity index (χ1n) is 5.21. The maximum absolute atomic E-state index is 11.4. The minimum Gasteiger partial charge on any atom is -0.504 e. The van der Waals surface area contributed by atoms with Gasteiger partial charge in [-0.15, -0.1) is 0 Å². The van der Waals surface area contributed by atoms with Crippen LogP contribution < -0.4 is 5.56 Å². The second-order valence-corrected chi connectivity index (χ2v) is 3.72. The number of nitrogens with zero attached hydrogens (tertiary/aromatic N) is 1. The SMILES string of the molecule is COCc1cc(=O)[nH]c(-c2ccc(O)c(O)c2)n1. The summed E-state index contributed by atoms with van der Waals surface area (Å²) in [7, 11) is 1.51. The van der Waals surface area contributed by atoms with E-state index < -0.39 is 0 Å². The van der Waals surface area contributed by atoms with Gasteiger partial charge in [0.1, 0.15) is 5.82 Å². The molecule has 2 aromatic rings. The van der Waals surface area contributed by atoms with Gasteiger partial charge in [-0.25, -0.2) is 4.98 Å². The van der Waals surface area contributed by atoms with E-state index in [9.17, 15) is 15.0 Å². The van der Waals surface area contributed by atoms with Crippen molar-refractivity contribution in [3.8, 4) is 22.9 Å². The van der Waals surface area contributed by atoms with Crippen molar-refractivity contribution in [2.24, 2.45) is 0 Å². The number of nitrogens with one attached hydrogen (secondary N) is 1. The Morgan fingerprint density at radius 2 is 2.06 bits per heavy atom. The van der Waals surface area contributed by atoms with Crippen LogP contribution >= 0.6 is 0 Å². The van der Waals surface area contributed by atoms with E-state index in [-0.39, 0.29) is 23.7 Å². The van der Waals surface area contributed by atoms with Gasteiger partial charge in [0.2, 0.25) is 0 Å². The molecular formula is C12H12N2O4. The number of phenolic OH excluding ortho intramolecular Hbond substituents is 2. The van der Waals surface area contributed by atoms with Gasteiger partial charge in [-0.05, 0) is 18.2 Å². The van der Waals surface area contributed by atoms with Gasteiger partial charge in [0.15, 0.2) is 11.5 Å². The molecule has 0 saturated heterocycles. The fourth-order valence-corrected chi connectivity index (χ4v) is 1.54. The Balaban J connectivity index is 2.49. The number of phenols is 2. The molecule has 0 bridgehead atoms. The number of rotatable bonds is 3. The summed E-state index contributed by atoms with van der Waals surface area (Å²) in [6.07, 6.45) is 0. The van der Waals surface area contributed by atoms with Gasteiger partial charge >= 0.3 is 0 Å². The lowest BCUT2D eigenvalue weighted by Gasteiger charge is -2.05. The topological polar surface area (TPSA) is 95.4 Å². The molecular weight excluding hydrogens is 236 g/mol. The Bertz CT molecular complexity index is 622. The highest BCUT2D eigenvalue weighted by Crippen LogP contribution is 2.28. The van der Waals surface area contributed by atoms with Gasteiger partial charge in [0.25, 0.3) is 5.56 Å². The molecule has 0 aliphatic heterocycles. The third-order valence-electron chi connectivity index (χ3n) is 2.34. The Kier molecular flexibility index (Phi) is 3.29. The van der Waals surface area contributed by atoms with Crippen molar-refractivity contribution in [3.05, 3.63) is 40.3 Å². The molecule has 0 fully saturated rings. The van der Waals surface area contributed by atoms with Crippen molar-refractivity contribution in [2.75, 3.05) is 7.11 Å². The summed E-state index contributed by atoms with van der Waals surface area (Å²) in [5.74, 6) is -0.189. The lowest BCUT2D eigenvalue weighted by Crippen LogP contribution is -2.10. The Morgan fingerprint density at radius 1 is 1.28 bits per heavy atom. The molecule has 0 aliphatic carbocycles. The molecule has 6 heteroatoms. The standard InChI is InChI=1S/C12H12N2O4/c1-18-6-8-5-11(17)14-12(13-8)7-2-3-9(15)10(16)4-7/h2-5,15-16H,6H2,1H3,(H,13,14,17). The summed E-state index contributed by atoms with van der Waals surface area (Å²) < 4.78 is 4.91. The number of aromatic hydroxyl groups is 2. The summed E-state index contributed by atoms with van der Waals surface area (Å²) >= 11 is 0. The summed E-state index contributed by atoms with van der Waals surface area (Å²) in [6.45, 7) is 0.223. The first-order valence-corrected chi connectivity index (χ1v) is 5.21. The Hall–Kier alpha value is -2.34. The van der Waals surface area contributed by atoms with Crippen LogP contribution in [0.3, 0.4) is 0 Å². The lowest BCUT2D eigenvalue weighted by molar-refractivity contribution is 0.181. The Morgan fingerprint density at radius 3 is 2.72 bits per heavy atom. The molecule has 0 saturated carbocycles. The van der Waals surface area contributed by atoms with Crippen LogP contribution in [0.5, 0.6) is 11.5 Å². The highest BCUT2D eigenvalue weighted by atomic mass is 16.5. The largest absolute Gasteiger partial charge is 0.504 e. The molecule has 94 valence electrons. The second-order valence-electron chi connectivity index (χ2n) is 3.72. The zero-order chi connectivity index (χ0) is 13.1. The van der Waals surface area contributed by atoms with E-state index in [1.54, 1.807) is 6.07 Å². The zero-order valence-corrected chi connectivity index (χ0v) is 9.67. The van der Waals surface area contributed by atoms with Gasteiger partial charge in [-0.1, -0.05) is 0 Å². The van der Waals surface area contributed by atoms with Gasteiger partial charge in [-0.3, -0.25) is 4.79 Å². The molecule has 0 aliphatic rings. The van der Waals surface area contributed by atoms with E-state index >= 15 is 0 Å². The molecule has 2 rings (SSSR count). The molecule has 6 nitrogen and oxygen atoms in total. The average molecular weight is 248 g/mol. The predicted octanol–water partition coefficient (Wildman–Crippen LogP) is 0.994. The number of hydrogen-bond donors (Lipinski definition) is 3. The average Bonchev–Trinajstić information content (AvgIpc) is 2.32. The van der Waals surface area contributed by atoms with E-state index in [2.05, 4.69) is 9.97 Å². The predicted molar refractivity (Wildman–Crippen MR) is 64.3 cm³/mol. The summed E-state index contributed by atoms with van der Waals surface area (Å²) in [6, 6.07) is 5.54. The first kappa shape index (κ1) is 12.1. The van der Waals surface area contributed by atoms with Crippen LogP contribution in [-0.2, 0) is 11.3 Å². The molecule has 0 radical (unpaired) electrons. The highest BCUT2D eigenvalue weighted by molar-refractivity contribution is 5.60. The van der Waals surface area contributed by atoms with Crippen LogP contribution in [0.4, 0.5) is 0 Å². The number of ether oxygens (including phenoxy) is 1. The van der Waals surface area contributed by atoms with E-state index in [1.807, 2.05) is 0 Å². The monoisotopic (exact) mass is 248 g/mol. The molecule has 18 heavy (non-hydrogen) atoms. The third-order valence-corrected chi connectivity index (χ3v) is 2.34. The summed E-state index contributed by atoms with van der Waals surface area (Å²) in [5, 5.41) is 18.6. The third kappa shape index (κ3) is 2.49. The van der Waals surface area contributed by atoms with E-state index in [1.165, 1.54) is 25.3 Å². The first-order chi connectivity index (χ1) is 8.60. The second kappa shape index (κ2) is 4.89. The molecule has 1 aromatic heterocycles. The van der Waals surface area contributed by atoms with Crippen molar-refractivity contribution in [1.82, 2.24) is 9.97 Å². The van der Waals surface area contributed by atoms with Crippen LogP contribution in [0.15, 0.2) is 29.1 Å². The fourth-order valence-electron chi connectivity index (χ4n) is 1.54. The number of H-pyrrole nitrogens is 1. The number of hydrogen-bond acceptors (Lipinski definition) is 5. The van der Waals surface area contributed by atoms with Crippen LogP contribution in [0, 0.1) is 0 Å². The number of aromatic nitrogens is 2. The molecule has 3 N–H and O–H groups in total. The number of methoxy groups -OCH3 is 1. The van der Waals surface area contributed by atoms with Crippen LogP contribution in [0.25, 0.3) is 11.4 Å². The van der Waals surface area contributed by atoms with Crippen molar-refractivity contribution in [1.29, 1.82) is 0 Å². The van der Waals surface area contributed by atoms with Crippen molar-refractivity contribution in [2.45, 2.75) is 6.61 Å². The molecule has 0 amide bonds. The van der Waals surface area contributed by atoms with Gasteiger partial charge in [0, 0.05) is 18.7 Å². The molecule has 1 aromatic carbocycles. The van der Waals surface area contributed by atoms with Crippen molar-refractivity contribution >= 4 is 0 Å². The molecule has 0 unspecified atom stereocenters. The van der Waals surface area contributed by atoms with Gasteiger partial charge in [0.05, 0.1) is 12.3 Å². The highest BCUT2D eigenvalue weighted by Gasteiger charge is 2.07.